The van der Waals surface area contributed by atoms with Gasteiger partial charge in [-0.05, 0) is 31.2 Å². The Balaban J connectivity index is 1.48. The minimum atomic E-state index is -0.0606. The number of benzene rings is 1. The fraction of sp³-hybridized carbons (Fsp3) is 0.438. The molecule has 0 aliphatic carbocycles. The van der Waals surface area contributed by atoms with Crippen LogP contribution in [0.15, 0.2) is 30.6 Å². The molecule has 0 unspecified atom stereocenters. The second kappa shape index (κ2) is 7.29. The third-order valence-corrected chi connectivity index (χ3v) is 3.77. The lowest BCUT2D eigenvalue weighted by atomic mass is 10.2. The van der Waals surface area contributed by atoms with Gasteiger partial charge in [0.1, 0.15) is 0 Å². The number of nitrogens with zero attached hydrogens (tertiary/aromatic N) is 3. The molecule has 1 N–H and O–H groups in total. The van der Waals surface area contributed by atoms with Gasteiger partial charge in [0, 0.05) is 37.6 Å². The van der Waals surface area contributed by atoms with Crippen molar-refractivity contribution in [2.24, 2.45) is 0 Å². The molecule has 0 spiro atoms. The van der Waals surface area contributed by atoms with Crippen LogP contribution in [0.4, 0.5) is 0 Å². The number of hydrogen-bond donors (Lipinski definition) is 1. The topological polar surface area (TPSA) is 67.4 Å². The number of hydrogen-bond acceptors (Lipinski definition) is 5. The van der Waals surface area contributed by atoms with Crippen molar-refractivity contribution in [2.75, 3.05) is 39.4 Å². The summed E-state index contributed by atoms with van der Waals surface area (Å²) >= 11 is 0. The van der Waals surface area contributed by atoms with Gasteiger partial charge in [0.2, 0.25) is 0 Å². The first-order valence-electron chi connectivity index (χ1n) is 7.62. The second-order valence-corrected chi connectivity index (χ2v) is 5.32. The number of amides is 1. The molecule has 6 heteroatoms. The van der Waals surface area contributed by atoms with Gasteiger partial charge in [0.05, 0.1) is 24.2 Å². The van der Waals surface area contributed by atoms with Crippen molar-refractivity contribution >= 4 is 16.9 Å². The zero-order valence-electron chi connectivity index (χ0n) is 12.5. The quantitative estimate of drug-likeness (QED) is 0.837. The van der Waals surface area contributed by atoms with Gasteiger partial charge in [0.15, 0.2) is 0 Å². The molecule has 1 aliphatic rings. The largest absolute Gasteiger partial charge is 0.379 e. The lowest BCUT2D eigenvalue weighted by Gasteiger charge is -2.26. The van der Waals surface area contributed by atoms with E-state index in [1.807, 2.05) is 6.07 Å². The maximum Gasteiger partial charge on any atom is 0.251 e. The second-order valence-electron chi connectivity index (χ2n) is 5.32. The van der Waals surface area contributed by atoms with Crippen molar-refractivity contribution in [3.05, 3.63) is 36.2 Å². The molecule has 1 fully saturated rings. The number of aromatic nitrogens is 2. The highest BCUT2D eigenvalue weighted by atomic mass is 16.5. The molecule has 0 radical (unpaired) electrons. The fourth-order valence-electron chi connectivity index (χ4n) is 2.54. The van der Waals surface area contributed by atoms with Gasteiger partial charge >= 0.3 is 0 Å². The van der Waals surface area contributed by atoms with Gasteiger partial charge in [0.25, 0.3) is 5.91 Å². The molecule has 0 bridgehead atoms. The minimum absolute atomic E-state index is 0.0606. The van der Waals surface area contributed by atoms with E-state index in [0.717, 1.165) is 50.3 Å². The maximum atomic E-state index is 12.1. The third kappa shape index (κ3) is 3.78. The van der Waals surface area contributed by atoms with Gasteiger partial charge < -0.3 is 10.1 Å². The summed E-state index contributed by atoms with van der Waals surface area (Å²) in [5.41, 5.74) is 2.16. The first kappa shape index (κ1) is 14.9. The van der Waals surface area contributed by atoms with E-state index in [-0.39, 0.29) is 5.91 Å². The van der Waals surface area contributed by atoms with Crippen LogP contribution in [0.1, 0.15) is 16.8 Å². The van der Waals surface area contributed by atoms with E-state index in [0.29, 0.717) is 12.1 Å². The summed E-state index contributed by atoms with van der Waals surface area (Å²) in [6, 6.07) is 5.39. The van der Waals surface area contributed by atoms with Crippen molar-refractivity contribution in [3.63, 3.8) is 0 Å². The molecule has 0 atom stereocenters. The van der Waals surface area contributed by atoms with Crippen LogP contribution in [0.2, 0.25) is 0 Å². The summed E-state index contributed by atoms with van der Waals surface area (Å²) in [6.45, 7) is 5.26. The van der Waals surface area contributed by atoms with Gasteiger partial charge in [-0.2, -0.15) is 0 Å². The number of carbonyl (C=O) groups is 1. The standard InChI is InChI=1S/C16H20N4O2/c21-16(19-4-1-7-20-8-10-22-11-9-20)13-2-3-14-15(12-13)18-6-5-17-14/h2-3,5-6,12H,1,4,7-11H2,(H,19,21). The Morgan fingerprint density at radius 3 is 2.77 bits per heavy atom. The summed E-state index contributed by atoms with van der Waals surface area (Å²) in [4.78, 5) is 22.9. The zero-order valence-corrected chi connectivity index (χ0v) is 12.5. The molecule has 2 aromatic rings. The van der Waals surface area contributed by atoms with Crippen LogP contribution in [0, 0.1) is 0 Å². The molecular weight excluding hydrogens is 280 g/mol. The Labute approximate surface area is 129 Å². The van der Waals surface area contributed by atoms with Crippen LogP contribution in [0.5, 0.6) is 0 Å². The fourth-order valence-corrected chi connectivity index (χ4v) is 2.54. The first-order chi connectivity index (χ1) is 10.8. The molecule has 0 saturated carbocycles. The molecule has 1 aromatic carbocycles. The summed E-state index contributed by atoms with van der Waals surface area (Å²) in [6.07, 6.45) is 4.22. The van der Waals surface area contributed by atoms with E-state index in [1.54, 1.807) is 24.5 Å². The van der Waals surface area contributed by atoms with Crippen LogP contribution in [-0.4, -0.2) is 60.2 Å². The van der Waals surface area contributed by atoms with E-state index in [9.17, 15) is 4.79 Å². The Kier molecular flexibility index (Phi) is 4.92. The number of fused-ring (bicyclic) bond motifs is 1. The Hall–Kier alpha value is -2.05. The van der Waals surface area contributed by atoms with Crippen LogP contribution >= 0.6 is 0 Å². The maximum absolute atomic E-state index is 12.1. The van der Waals surface area contributed by atoms with Crippen LogP contribution in [0.25, 0.3) is 11.0 Å². The van der Waals surface area contributed by atoms with E-state index < -0.39 is 0 Å². The van der Waals surface area contributed by atoms with Gasteiger partial charge in [-0.15, -0.1) is 0 Å². The van der Waals surface area contributed by atoms with Gasteiger partial charge in [-0.3, -0.25) is 19.7 Å². The molecular formula is C16H20N4O2. The highest BCUT2D eigenvalue weighted by Crippen LogP contribution is 2.10. The summed E-state index contributed by atoms with van der Waals surface area (Å²) in [5.74, 6) is -0.0606. The number of nitrogens with one attached hydrogen (secondary N) is 1. The molecule has 1 saturated heterocycles. The average Bonchev–Trinajstić information content (AvgIpc) is 2.59. The third-order valence-electron chi connectivity index (χ3n) is 3.77. The summed E-state index contributed by atoms with van der Waals surface area (Å²) in [5, 5.41) is 2.96. The van der Waals surface area contributed by atoms with Crippen LogP contribution in [-0.2, 0) is 4.74 Å². The molecule has 1 aliphatic heterocycles. The van der Waals surface area contributed by atoms with Gasteiger partial charge in [-0.25, -0.2) is 0 Å². The monoisotopic (exact) mass is 300 g/mol. The van der Waals surface area contributed by atoms with Crippen molar-refractivity contribution in [2.45, 2.75) is 6.42 Å². The Morgan fingerprint density at radius 2 is 1.95 bits per heavy atom. The molecule has 22 heavy (non-hydrogen) atoms. The number of rotatable bonds is 5. The van der Waals surface area contributed by atoms with Crippen molar-refractivity contribution < 1.29 is 9.53 Å². The van der Waals surface area contributed by atoms with Crippen LogP contribution < -0.4 is 5.32 Å². The van der Waals surface area contributed by atoms with E-state index >= 15 is 0 Å². The first-order valence-corrected chi connectivity index (χ1v) is 7.62. The van der Waals surface area contributed by atoms with Crippen LogP contribution in [0.3, 0.4) is 0 Å². The average molecular weight is 300 g/mol. The van der Waals surface area contributed by atoms with E-state index in [2.05, 4.69) is 20.2 Å². The summed E-state index contributed by atoms with van der Waals surface area (Å²) < 4.78 is 5.31. The lowest BCUT2D eigenvalue weighted by molar-refractivity contribution is 0.0374. The molecule has 6 nitrogen and oxygen atoms in total. The summed E-state index contributed by atoms with van der Waals surface area (Å²) in [7, 11) is 0. The van der Waals surface area contributed by atoms with Crippen molar-refractivity contribution in [3.8, 4) is 0 Å². The lowest BCUT2D eigenvalue weighted by Crippen LogP contribution is -2.38. The smallest absolute Gasteiger partial charge is 0.251 e. The molecule has 116 valence electrons. The zero-order chi connectivity index (χ0) is 15.2. The number of ether oxygens (including phenoxy) is 1. The highest BCUT2D eigenvalue weighted by molar-refractivity contribution is 5.97. The van der Waals surface area contributed by atoms with Gasteiger partial charge in [-0.1, -0.05) is 0 Å². The predicted octanol–water partition coefficient (Wildman–Crippen LogP) is 1.08. The number of carbonyl (C=O) groups excluding carboxylic acids is 1. The number of morpholine rings is 1. The minimum Gasteiger partial charge on any atom is -0.379 e. The Bertz CT molecular complexity index is 641. The van der Waals surface area contributed by atoms with Crippen molar-refractivity contribution in [1.82, 2.24) is 20.2 Å². The molecule has 2 heterocycles. The van der Waals surface area contributed by atoms with Crippen molar-refractivity contribution in [1.29, 1.82) is 0 Å². The molecule has 1 aromatic heterocycles. The predicted molar refractivity (Wildman–Crippen MR) is 83.7 cm³/mol. The normalized spacial score (nSPS) is 15.8. The molecule has 1 amide bonds. The van der Waals surface area contributed by atoms with E-state index in [1.165, 1.54) is 0 Å². The SMILES string of the molecule is O=C(NCCCN1CCOCC1)c1ccc2nccnc2c1. The molecule has 3 rings (SSSR count). The Morgan fingerprint density at radius 1 is 1.18 bits per heavy atom. The van der Waals surface area contributed by atoms with E-state index in [4.69, 9.17) is 4.74 Å². The highest BCUT2D eigenvalue weighted by Gasteiger charge is 2.10.